The summed E-state index contributed by atoms with van der Waals surface area (Å²) >= 11 is 1.54. The maximum Gasteiger partial charge on any atom is 0.326 e. The van der Waals surface area contributed by atoms with Crippen molar-refractivity contribution in [2.24, 2.45) is 17.4 Å². The fourth-order valence-electron chi connectivity index (χ4n) is 4.00. The number of para-hydroxylation sites is 1. The van der Waals surface area contributed by atoms with E-state index in [0.29, 0.717) is 24.2 Å². The molecule has 1 heterocycles. The monoisotopic (exact) mass is 562 g/mol. The molecule has 0 fully saturated rings. The number of aromatic amines is 1. The highest BCUT2D eigenvalue weighted by Gasteiger charge is 2.33. The van der Waals surface area contributed by atoms with Crippen LogP contribution in [0.4, 0.5) is 0 Å². The van der Waals surface area contributed by atoms with Crippen LogP contribution < -0.4 is 27.4 Å². The number of carboxylic acids is 1. The number of H-pyrrole nitrogens is 1. The first-order valence-electron chi connectivity index (χ1n) is 12.7. The number of fused-ring (bicyclic) bond motifs is 1. The third-order valence-corrected chi connectivity index (χ3v) is 7.16. The molecule has 0 aliphatic heterocycles. The molecule has 4 amide bonds. The summed E-state index contributed by atoms with van der Waals surface area (Å²) in [5, 5.41) is 18.1. The molecule has 214 valence electrons. The van der Waals surface area contributed by atoms with E-state index in [1.165, 1.54) is 11.8 Å². The molecular formula is C26H38N6O6S. The number of thioether (sulfide) groups is 1. The Balaban J connectivity index is 2.18. The molecule has 1 aromatic heterocycles. The quantitative estimate of drug-likeness (QED) is 0.150. The topological polar surface area (TPSA) is 209 Å². The zero-order valence-corrected chi connectivity index (χ0v) is 23.2. The number of carbonyl (C=O) groups is 5. The van der Waals surface area contributed by atoms with Crippen LogP contribution in [0.2, 0.25) is 0 Å². The van der Waals surface area contributed by atoms with E-state index >= 15 is 0 Å². The van der Waals surface area contributed by atoms with Crippen molar-refractivity contribution in [3.8, 4) is 0 Å². The van der Waals surface area contributed by atoms with Crippen LogP contribution in [0.1, 0.15) is 38.7 Å². The third-order valence-electron chi connectivity index (χ3n) is 6.51. The maximum atomic E-state index is 13.2. The molecule has 1 aromatic carbocycles. The summed E-state index contributed by atoms with van der Waals surface area (Å²) in [6.45, 7) is 3.59. The van der Waals surface area contributed by atoms with Crippen LogP contribution in [0.15, 0.2) is 30.5 Å². The van der Waals surface area contributed by atoms with E-state index in [-0.39, 0.29) is 12.3 Å². The van der Waals surface area contributed by atoms with Crippen LogP contribution in [-0.2, 0) is 30.4 Å². The van der Waals surface area contributed by atoms with Gasteiger partial charge in [-0.3, -0.25) is 19.2 Å². The predicted molar refractivity (Wildman–Crippen MR) is 150 cm³/mol. The molecule has 0 aliphatic carbocycles. The minimum atomic E-state index is -1.45. The molecule has 12 nitrogen and oxygen atoms in total. The number of hydrogen-bond donors (Lipinski definition) is 7. The molecular weight excluding hydrogens is 524 g/mol. The van der Waals surface area contributed by atoms with Crippen molar-refractivity contribution in [1.82, 2.24) is 20.9 Å². The van der Waals surface area contributed by atoms with Gasteiger partial charge in [0.1, 0.15) is 18.1 Å². The fourth-order valence-corrected chi connectivity index (χ4v) is 4.49. The average molecular weight is 563 g/mol. The zero-order chi connectivity index (χ0) is 29.1. The van der Waals surface area contributed by atoms with E-state index in [1.807, 2.05) is 37.4 Å². The first kappa shape index (κ1) is 31.6. The number of carboxylic acid groups (broad SMARTS) is 1. The van der Waals surface area contributed by atoms with E-state index in [0.717, 1.165) is 10.9 Å². The number of aromatic nitrogens is 1. The summed E-state index contributed by atoms with van der Waals surface area (Å²) in [6.07, 6.45) is 3.89. The lowest BCUT2D eigenvalue weighted by molar-refractivity contribution is -0.142. The lowest BCUT2D eigenvalue weighted by Gasteiger charge is -2.27. The third kappa shape index (κ3) is 9.29. The normalized spacial score (nSPS) is 15.0. The van der Waals surface area contributed by atoms with Crippen molar-refractivity contribution in [3.63, 3.8) is 0 Å². The Morgan fingerprint density at radius 2 is 1.69 bits per heavy atom. The Morgan fingerprint density at radius 3 is 2.31 bits per heavy atom. The van der Waals surface area contributed by atoms with Gasteiger partial charge in [0.25, 0.3) is 0 Å². The first-order valence-corrected chi connectivity index (χ1v) is 14.1. The number of amides is 4. The van der Waals surface area contributed by atoms with Crippen LogP contribution in [-0.4, -0.2) is 75.9 Å². The minimum Gasteiger partial charge on any atom is -0.480 e. The molecule has 0 aliphatic rings. The molecule has 2 aromatic rings. The summed E-state index contributed by atoms with van der Waals surface area (Å²) in [5.74, 6) is -3.93. The number of rotatable bonds is 16. The van der Waals surface area contributed by atoms with Gasteiger partial charge < -0.3 is 37.5 Å². The van der Waals surface area contributed by atoms with Crippen molar-refractivity contribution in [2.45, 2.75) is 63.7 Å². The Kier molecular flexibility index (Phi) is 12.3. The predicted octanol–water partition coefficient (Wildman–Crippen LogP) is 0.251. The second kappa shape index (κ2) is 15.1. The van der Waals surface area contributed by atoms with Crippen molar-refractivity contribution in [2.75, 3.05) is 12.0 Å². The minimum absolute atomic E-state index is 0.0399. The van der Waals surface area contributed by atoms with E-state index in [9.17, 15) is 29.1 Å². The van der Waals surface area contributed by atoms with Gasteiger partial charge in [-0.25, -0.2) is 4.79 Å². The zero-order valence-electron chi connectivity index (χ0n) is 22.4. The van der Waals surface area contributed by atoms with Crippen molar-refractivity contribution >= 4 is 52.3 Å². The largest absolute Gasteiger partial charge is 0.480 e. The molecule has 39 heavy (non-hydrogen) atoms. The van der Waals surface area contributed by atoms with Gasteiger partial charge in [0.15, 0.2) is 0 Å². The molecule has 9 N–H and O–H groups in total. The smallest absolute Gasteiger partial charge is 0.326 e. The highest BCUT2D eigenvalue weighted by atomic mass is 32.2. The number of benzene rings is 1. The van der Waals surface area contributed by atoms with Gasteiger partial charge in [0.05, 0.1) is 12.5 Å². The van der Waals surface area contributed by atoms with Crippen LogP contribution in [0, 0.1) is 5.92 Å². The summed E-state index contributed by atoms with van der Waals surface area (Å²) in [5.41, 5.74) is 12.7. The van der Waals surface area contributed by atoms with Crippen LogP contribution in [0.25, 0.3) is 10.9 Å². The molecule has 5 atom stereocenters. The van der Waals surface area contributed by atoms with Gasteiger partial charge in [0, 0.05) is 23.5 Å². The standard InChI is InChI=1S/C26H38N6O6S/c1-4-14(2)22(32-23(34)17(27)9-10-39-3)25(36)30-19(12-21(28)33)24(35)31-20(26(37)38)11-15-13-29-18-8-6-5-7-16(15)18/h5-8,13-14,17,19-20,22,29H,4,9-12,27H2,1-3H3,(H2,28,33)(H,30,36)(H,31,35)(H,32,34)(H,37,38). The Labute approximate surface area is 231 Å². The highest BCUT2D eigenvalue weighted by molar-refractivity contribution is 7.98. The van der Waals surface area contributed by atoms with Crippen LogP contribution in [0.3, 0.4) is 0 Å². The maximum absolute atomic E-state index is 13.2. The van der Waals surface area contributed by atoms with E-state index in [4.69, 9.17) is 11.5 Å². The van der Waals surface area contributed by atoms with Gasteiger partial charge >= 0.3 is 5.97 Å². The summed E-state index contributed by atoms with van der Waals surface area (Å²) in [4.78, 5) is 65.7. The molecule has 5 unspecified atom stereocenters. The average Bonchev–Trinajstić information content (AvgIpc) is 3.31. The number of hydrogen-bond acceptors (Lipinski definition) is 7. The lowest BCUT2D eigenvalue weighted by Crippen LogP contribution is -2.59. The first-order chi connectivity index (χ1) is 18.5. The number of nitrogens with one attached hydrogen (secondary N) is 4. The molecule has 0 spiro atoms. The van der Waals surface area contributed by atoms with Crippen molar-refractivity contribution in [3.05, 3.63) is 36.0 Å². The molecule has 0 bridgehead atoms. The van der Waals surface area contributed by atoms with E-state index in [2.05, 4.69) is 20.9 Å². The van der Waals surface area contributed by atoms with Gasteiger partial charge in [-0.2, -0.15) is 11.8 Å². The molecule has 0 saturated carbocycles. The fraction of sp³-hybridized carbons (Fsp3) is 0.500. The molecule has 0 saturated heterocycles. The van der Waals surface area contributed by atoms with Gasteiger partial charge in [0.2, 0.25) is 23.6 Å². The summed E-state index contributed by atoms with van der Waals surface area (Å²) in [6, 6.07) is 2.67. The Bertz CT molecular complexity index is 1170. The number of primary amides is 1. The van der Waals surface area contributed by atoms with E-state index < -0.39 is 60.2 Å². The van der Waals surface area contributed by atoms with Gasteiger partial charge in [-0.1, -0.05) is 38.5 Å². The number of nitrogens with two attached hydrogens (primary N) is 2. The summed E-state index contributed by atoms with van der Waals surface area (Å²) in [7, 11) is 0. The van der Waals surface area contributed by atoms with Crippen LogP contribution in [0.5, 0.6) is 0 Å². The second-order valence-corrected chi connectivity index (χ2v) is 10.4. The molecule has 13 heteroatoms. The van der Waals surface area contributed by atoms with Crippen molar-refractivity contribution in [1.29, 1.82) is 0 Å². The lowest BCUT2D eigenvalue weighted by atomic mass is 9.97. The van der Waals surface area contributed by atoms with Crippen molar-refractivity contribution < 1.29 is 29.1 Å². The molecule has 0 radical (unpaired) electrons. The van der Waals surface area contributed by atoms with Gasteiger partial charge in [-0.15, -0.1) is 0 Å². The van der Waals surface area contributed by atoms with Gasteiger partial charge in [-0.05, 0) is 36.0 Å². The number of aliphatic carboxylic acids is 1. The second-order valence-electron chi connectivity index (χ2n) is 9.45. The Hall–Kier alpha value is -3.58. The SMILES string of the molecule is CCC(C)C(NC(=O)C(N)CCSC)C(=O)NC(CC(N)=O)C(=O)NC(Cc1c[nH]c2ccccc12)C(=O)O. The van der Waals surface area contributed by atoms with E-state index in [1.54, 1.807) is 13.1 Å². The van der Waals surface area contributed by atoms with Crippen LogP contribution >= 0.6 is 11.8 Å². The molecule has 2 rings (SSSR count). The Morgan fingerprint density at radius 1 is 1.03 bits per heavy atom. The number of carbonyl (C=O) groups excluding carboxylic acids is 4. The highest BCUT2D eigenvalue weighted by Crippen LogP contribution is 2.19. The summed E-state index contributed by atoms with van der Waals surface area (Å²) < 4.78 is 0.